The van der Waals surface area contributed by atoms with E-state index < -0.39 is 0 Å². The van der Waals surface area contributed by atoms with Gasteiger partial charge in [-0.2, -0.15) is 0 Å². The van der Waals surface area contributed by atoms with Crippen molar-refractivity contribution in [3.05, 3.63) is 48.0 Å². The summed E-state index contributed by atoms with van der Waals surface area (Å²) in [5.74, 6) is 0.830. The van der Waals surface area contributed by atoms with Crippen LogP contribution in [0.1, 0.15) is 30.0 Å². The van der Waals surface area contributed by atoms with Crippen LogP contribution >= 0.6 is 24.0 Å². The molecular formula is C18H29IN4. The number of rotatable bonds is 6. The molecule has 23 heavy (non-hydrogen) atoms. The number of nitrogens with one attached hydrogen (secondary N) is 2. The van der Waals surface area contributed by atoms with E-state index in [1.165, 1.54) is 37.1 Å². The third kappa shape index (κ3) is 6.14. The molecule has 2 N–H and O–H groups in total. The van der Waals surface area contributed by atoms with Gasteiger partial charge in [-0.15, -0.1) is 30.6 Å². The van der Waals surface area contributed by atoms with Gasteiger partial charge in [0.25, 0.3) is 0 Å². The lowest BCUT2D eigenvalue weighted by atomic mass is 10.0. The Balaban J connectivity index is 0.00000264. The summed E-state index contributed by atoms with van der Waals surface area (Å²) in [4.78, 5) is 6.83. The first-order chi connectivity index (χ1) is 10.7. The quantitative estimate of drug-likeness (QED) is 0.317. The molecule has 1 aliphatic rings. The third-order valence-corrected chi connectivity index (χ3v) is 4.14. The van der Waals surface area contributed by atoms with Crippen molar-refractivity contribution in [1.29, 1.82) is 0 Å². The van der Waals surface area contributed by atoms with Crippen molar-refractivity contribution in [1.82, 2.24) is 15.5 Å². The second kappa shape index (κ2) is 10.6. The predicted molar refractivity (Wildman–Crippen MR) is 110 cm³/mol. The summed E-state index contributed by atoms with van der Waals surface area (Å²) in [6.07, 6.45) is 4.43. The second-order valence-electron chi connectivity index (χ2n) is 5.79. The molecule has 0 saturated carbocycles. The minimum Gasteiger partial charge on any atom is -0.354 e. The Morgan fingerprint density at radius 2 is 1.91 bits per heavy atom. The predicted octanol–water partition coefficient (Wildman–Crippen LogP) is 3.10. The molecule has 1 aromatic rings. The number of hydrogen-bond acceptors (Lipinski definition) is 2. The van der Waals surface area contributed by atoms with E-state index in [1.54, 1.807) is 7.05 Å². The highest BCUT2D eigenvalue weighted by atomic mass is 127. The Bertz CT molecular complexity index is 492. The molecule has 1 unspecified atom stereocenters. The van der Waals surface area contributed by atoms with Crippen molar-refractivity contribution in [3.63, 3.8) is 0 Å². The summed E-state index contributed by atoms with van der Waals surface area (Å²) in [6.45, 7) is 9.80. The highest BCUT2D eigenvalue weighted by Crippen LogP contribution is 2.24. The van der Waals surface area contributed by atoms with Crippen LogP contribution in [0.4, 0.5) is 0 Å². The Kier molecular flexibility index (Phi) is 9.24. The number of halogens is 1. The van der Waals surface area contributed by atoms with Crippen LogP contribution in [-0.2, 0) is 0 Å². The summed E-state index contributed by atoms with van der Waals surface area (Å²) < 4.78 is 0. The summed E-state index contributed by atoms with van der Waals surface area (Å²) in [6, 6.07) is 9.29. The second-order valence-corrected chi connectivity index (χ2v) is 5.79. The van der Waals surface area contributed by atoms with E-state index in [0.717, 1.165) is 19.0 Å². The molecule has 1 saturated heterocycles. The van der Waals surface area contributed by atoms with Crippen LogP contribution in [-0.4, -0.2) is 44.1 Å². The standard InChI is InChI=1S/C18H28N4.HI/c1-4-11-20-18(19-3)21-14-17(22-12-5-6-13-22)16-9-7-15(2)8-10-16;/h4,7-10,17H,1,5-6,11-14H2,2-3H3,(H2,19,20,21);1H. The monoisotopic (exact) mass is 428 g/mol. The van der Waals surface area contributed by atoms with Gasteiger partial charge in [0.1, 0.15) is 0 Å². The molecule has 0 aliphatic carbocycles. The maximum Gasteiger partial charge on any atom is 0.191 e. The van der Waals surface area contributed by atoms with Crippen LogP contribution in [0.25, 0.3) is 0 Å². The van der Waals surface area contributed by atoms with Gasteiger partial charge in [0.2, 0.25) is 0 Å². The van der Waals surface area contributed by atoms with Crippen molar-refractivity contribution in [2.75, 3.05) is 33.2 Å². The molecule has 1 aromatic carbocycles. The summed E-state index contributed by atoms with van der Waals surface area (Å²) in [7, 11) is 1.80. The van der Waals surface area contributed by atoms with E-state index in [1.807, 2.05) is 6.08 Å². The van der Waals surface area contributed by atoms with Gasteiger partial charge in [-0.05, 0) is 38.4 Å². The number of benzene rings is 1. The maximum atomic E-state index is 4.26. The Morgan fingerprint density at radius 1 is 1.26 bits per heavy atom. The molecule has 0 radical (unpaired) electrons. The fourth-order valence-corrected chi connectivity index (χ4v) is 2.88. The number of hydrogen-bond donors (Lipinski definition) is 2. The molecule has 0 spiro atoms. The van der Waals surface area contributed by atoms with Crippen LogP contribution < -0.4 is 10.6 Å². The van der Waals surface area contributed by atoms with Crippen LogP contribution in [0.5, 0.6) is 0 Å². The average molecular weight is 428 g/mol. The van der Waals surface area contributed by atoms with Crippen molar-refractivity contribution in [2.45, 2.75) is 25.8 Å². The van der Waals surface area contributed by atoms with E-state index in [2.05, 4.69) is 58.3 Å². The number of aryl methyl sites for hydroxylation is 1. The molecule has 5 heteroatoms. The zero-order valence-corrected chi connectivity index (χ0v) is 16.5. The lowest BCUT2D eigenvalue weighted by molar-refractivity contribution is 0.245. The Labute approximate surface area is 157 Å². The number of guanidine groups is 1. The molecule has 1 atom stereocenters. The van der Waals surface area contributed by atoms with Crippen LogP contribution in [0.15, 0.2) is 41.9 Å². The Morgan fingerprint density at radius 3 is 2.48 bits per heavy atom. The molecule has 128 valence electrons. The molecule has 1 heterocycles. The van der Waals surface area contributed by atoms with Crippen molar-refractivity contribution in [3.8, 4) is 0 Å². The molecule has 4 nitrogen and oxygen atoms in total. The average Bonchev–Trinajstić information content (AvgIpc) is 3.06. The summed E-state index contributed by atoms with van der Waals surface area (Å²) >= 11 is 0. The highest BCUT2D eigenvalue weighted by Gasteiger charge is 2.23. The Hall–Kier alpha value is -1.08. The van der Waals surface area contributed by atoms with Gasteiger partial charge < -0.3 is 10.6 Å². The first kappa shape index (κ1) is 20.0. The summed E-state index contributed by atoms with van der Waals surface area (Å²) in [5.41, 5.74) is 2.68. The van der Waals surface area contributed by atoms with Crippen LogP contribution in [0.3, 0.4) is 0 Å². The van der Waals surface area contributed by atoms with Gasteiger partial charge in [0, 0.05) is 20.1 Å². The first-order valence-electron chi connectivity index (χ1n) is 8.10. The minimum absolute atomic E-state index is 0. The van der Waals surface area contributed by atoms with Crippen LogP contribution in [0.2, 0.25) is 0 Å². The van der Waals surface area contributed by atoms with Crippen molar-refractivity contribution in [2.24, 2.45) is 4.99 Å². The maximum absolute atomic E-state index is 4.26. The van der Waals surface area contributed by atoms with E-state index in [4.69, 9.17) is 0 Å². The lowest BCUT2D eigenvalue weighted by Gasteiger charge is -2.29. The molecule has 0 aromatic heterocycles. The van der Waals surface area contributed by atoms with Gasteiger partial charge in [0.15, 0.2) is 5.96 Å². The number of likely N-dealkylation sites (tertiary alicyclic amines) is 1. The number of aliphatic imine (C=N–C) groups is 1. The van der Waals surface area contributed by atoms with E-state index in [-0.39, 0.29) is 24.0 Å². The smallest absolute Gasteiger partial charge is 0.191 e. The topological polar surface area (TPSA) is 39.7 Å². The molecule has 1 fully saturated rings. The van der Waals surface area contributed by atoms with Crippen LogP contribution in [0, 0.1) is 6.92 Å². The molecule has 0 bridgehead atoms. The molecule has 1 aliphatic heterocycles. The van der Waals surface area contributed by atoms with E-state index in [9.17, 15) is 0 Å². The largest absolute Gasteiger partial charge is 0.354 e. The normalized spacial score (nSPS) is 16.5. The highest BCUT2D eigenvalue weighted by molar-refractivity contribution is 14.0. The fourth-order valence-electron chi connectivity index (χ4n) is 2.88. The first-order valence-corrected chi connectivity index (χ1v) is 8.10. The fraction of sp³-hybridized carbons (Fsp3) is 0.500. The van der Waals surface area contributed by atoms with Gasteiger partial charge in [-0.3, -0.25) is 9.89 Å². The molecule has 2 rings (SSSR count). The van der Waals surface area contributed by atoms with Gasteiger partial charge in [-0.1, -0.05) is 35.9 Å². The summed E-state index contributed by atoms with van der Waals surface area (Å²) in [5, 5.41) is 6.67. The van der Waals surface area contributed by atoms with Crippen molar-refractivity contribution < 1.29 is 0 Å². The van der Waals surface area contributed by atoms with Gasteiger partial charge in [-0.25, -0.2) is 0 Å². The SMILES string of the molecule is C=CCNC(=NC)NCC(c1ccc(C)cc1)N1CCCC1.I. The van der Waals surface area contributed by atoms with Gasteiger partial charge in [0.05, 0.1) is 6.04 Å². The van der Waals surface area contributed by atoms with E-state index in [0.29, 0.717) is 6.04 Å². The van der Waals surface area contributed by atoms with Crippen molar-refractivity contribution >= 4 is 29.9 Å². The number of nitrogens with zero attached hydrogens (tertiary/aromatic N) is 2. The minimum atomic E-state index is 0. The molecule has 0 amide bonds. The third-order valence-electron chi connectivity index (χ3n) is 4.14. The zero-order valence-electron chi connectivity index (χ0n) is 14.2. The van der Waals surface area contributed by atoms with E-state index >= 15 is 0 Å². The van der Waals surface area contributed by atoms with Gasteiger partial charge >= 0.3 is 0 Å². The molecular weight excluding hydrogens is 399 g/mol. The lowest BCUT2D eigenvalue weighted by Crippen LogP contribution is -2.42. The zero-order chi connectivity index (χ0) is 15.8.